The number of hydrogen-bond acceptors (Lipinski definition) is 5. The molecular weight excluding hydrogens is 282 g/mol. The van der Waals surface area contributed by atoms with Crippen molar-refractivity contribution < 1.29 is 19.5 Å². The van der Waals surface area contributed by atoms with Crippen LogP contribution >= 0.6 is 11.3 Å². The van der Waals surface area contributed by atoms with Crippen LogP contribution in [0.5, 0.6) is 0 Å². The summed E-state index contributed by atoms with van der Waals surface area (Å²) in [6.45, 7) is 2.18. The number of carboxylic acid groups (broad SMARTS) is 1. The third kappa shape index (κ3) is 5.79. The number of carbonyl (C=O) groups excluding carboxylic acids is 2. The number of nitrogens with zero attached hydrogens (tertiary/aromatic N) is 1. The topological polar surface area (TPSA) is 108 Å². The maximum Gasteiger partial charge on any atom is 0.303 e. The van der Waals surface area contributed by atoms with E-state index < -0.39 is 5.97 Å². The van der Waals surface area contributed by atoms with Crippen molar-refractivity contribution in [3.8, 4) is 0 Å². The van der Waals surface area contributed by atoms with Crippen molar-refractivity contribution in [2.75, 3.05) is 11.9 Å². The second kappa shape index (κ2) is 8.26. The Morgan fingerprint density at radius 3 is 2.75 bits per heavy atom. The molecule has 0 saturated carbocycles. The second-order valence-corrected chi connectivity index (χ2v) is 4.95. The van der Waals surface area contributed by atoms with Gasteiger partial charge in [-0.25, -0.2) is 4.98 Å². The number of aliphatic carboxylic acids is 1. The van der Waals surface area contributed by atoms with E-state index in [4.69, 9.17) is 5.11 Å². The minimum Gasteiger partial charge on any atom is -0.481 e. The van der Waals surface area contributed by atoms with Gasteiger partial charge in [0.1, 0.15) is 5.69 Å². The van der Waals surface area contributed by atoms with Crippen LogP contribution in [0, 0.1) is 0 Å². The molecule has 7 nitrogen and oxygen atoms in total. The van der Waals surface area contributed by atoms with E-state index in [1.807, 2.05) is 6.92 Å². The number of amides is 2. The Bertz CT molecular complexity index is 487. The van der Waals surface area contributed by atoms with Crippen molar-refractivity contribution in [1.82, 2.24) is 10.3 Å². The molecule has 0 aliphatic carbocycles. The van der Waals surface area contributed by atoms with E-state index in [0.29, 0.717) is 18.0 Å². The van der Waals surface area contributed by atoms with Gasteiger partial charge < -0.3 is 15.7 Å². The molecule has 2 amide bonds. The summed E-state index contributed by atoms with van der Waals surface area (Å²) in [4.78, 5) is 37.4. The molecule has 3 N–H and O–H groups in total. The van der Waals surface area contributed by atoms with Crippen LogP contribution in [0.1, 0.15) is 43.1 Å². The van der Waals surface area contributed by atoms with Crippen molar-refractivity contribution in [1.29, 1.82) is 0 Å². The molecule has 1 rings (SSSR count). The number of anilines is 1. The van der Waals surface area contributed by atoms with E-state index in [0.717, 1.165) is 6.42 Å². The first-order chi connectivity index (χ1) is 9.52. The highest BCUT2D eigenvalue weighted by Crippen LogP contribution is 2.15. The van der Waals surface area contributed by atoms with Crippen LogP contribution in [0.25, 0.3) is 0 Å². The normalized spacial score (nSPS) is 10.1. The van der Waals surface area contributed by atoms with Gasteiger partial charge in [0, 0.05) is 24.8 Å². The number of hydrogen-bond donors (Lipinski definition) is 3. The van der Waals surface area contributed by atoms with Gasteiger partial charge in [-0.1, -0.05) is 6.92 Å². The largest absolute Gasteiger partial charge is 0.481 e. The van der Waals surface area contributed by atoms with Gasteiger partial charge in [-0.2, -0.15) is 0 Å². The summed E-state index contributed by atoms with van der Waals surface area (Å²) in [6, 6.07) is 0. The minimum absolute atomic E-state index is 0.00959. The first-order valence-corrected chi connectivity index (χ1v) is 7.16. The smallest absolute Gasteiger partial charge is 0.303 e. The predicted molar refractivity (Wildman–Crippen MR) is 74.9 cm³/mol. The summed E-state index contributed by atoms with van der Waals surface area (Å²) >= 11 is 1.18. The van der Waals surface area contributed by atoms with Crippen LogP contribution in [-0.2, 0) is 9.59 Å². The number of aromatic nitrogens is 1. The molecule has 0 radical (unpaired) electrons. The number of thiazole rings is 1. The van der Waals surface area contributed by atoms with Crippen LogP contribution in [0.4, 0.5) is 5.13 Å². The first-order valence-electron chi connectivity index (χ1n) is 6.28. The Balaban J connectivity index is 2.40. The number of carbonyl (C=O) groups is 3. The third-order valence-corrected chi connectivity index (χ3v) is 3.07. The second-order valence-electron chi connectivity index (χ2n) is 4.09. The van der Waals surface area contributed by atoms with E-state index in [9.17, 15) is 14.4 Å². The lowest BCUT2D eigenvalue weighted by Gasteiger charge is -2.01. The van der Waals surface area contributed by atoms with E-state index in [-0.39, 0.29) is 30.5 Å². The molecular formula is C12H17N3O4S. The zero-order valence-electron chi connectivity index (χ0n) is 11.1. The average Bonchev–Trinajstić information content (AvgIpc) is 2.83. The highest BCUT2D eigenvalue weighted by molar-refractivity contribution is 7.14. The van der Waals surface area contributed by atoms with Crippen molar-refractivity contribution in [2.45, 2.75) is 32.6 Å². The zero-order chi connectivity index (χ0) is 15.0. The number of carboxylic acids is 1. The SMILES string of the molecule is CCCC(=O)Nc1nc(C(=O)NCCCC(=O)O)cs1. The van der Waals surface area contributed by atoms with Gasteiger partial charge in [0.2, 0.25) is 5.91 Å². The van der Waals surface area contributed by atoms with E-state index >= 15 is 0 Å². The van der Waals surface area contributed by atoms with Gasteiger partial charge in [-0.15, -0.1) is 11.3 Å². The van der Waals surface area contributed by atoms with E-state index in [1.54, 1.807) is 5.38 Å². The Kier molecular flexibility index (Phi) is 6.65. The van der Waals surface area contributed by atoms with Gasteiger partial charge in [0.05, 0.1) is 0 Å². The van der Waals surface area contributed by atoms with Crippen LogP contribution in [-0.4, -0.2) is 34.4 Å². The molecule has 110 valence electrons. The fourth-order valence-corrected chi connectivity index (χ4v) is 2.08. The maximum atomic E-state index is 11.7. The molecule has 0 unspecified atom stereocenters. The third-order valence-electron chi connectivity index (χ3n) is 2.31. The summed E-state index contributed by atoms with van der Waals surface area (Å²) in [7, 11) is 0. The number of nitrogens with one attached hydrogen (secondary N) is 2. The molecule has 1 aromatic rings. The molecule has 0 saturated heterocycles. The molecule has 0 bridgehead atoms. The standard InChI is InChI=1S/C12H17N3O4S/c1-2-4-9(16)15-12-14-8(7-20-12)11(19)13-6-3-5-10(17)18/h7H,2-6H2,1H3,(H,13,19)(H,17,18)(H,14,15,16). The predicted octanol–water partition coefficient (Wildman–Crippen LogP) is 1.48. The van der Waals surface area contributed by atoms with Crippen molar-refractivity contribution in [2.24, 2.45) is 0 Å². The van der Waals surface area contributed by atoms with E-state index in [2.05, 4.69) is 15.6 Å². The van der Waals surface area contributed by atoms with Crippen molar-refractivity contribution in [3.05, 3.63) is 11.1 Å². The summed E-state index contributed by atoms with van der Waals surface area (Å²) < 4.78 is 0. The summed E-state index contributed by atoms with van der Waals surface area (Å²) in [6.07, 6.45) is 1.53. The minimum atomic E-state index is -0.895. The first kappa shape index (κ1) is 16.1. The molecule has 0 aliphatic rings. The molecule has 0 aromatic carbocycles. The quantitative estimate of drug-likeness (QED) is 0.630. The monoisotopic (exact) mass is 299 g/mol. The fraction of sp³-hybridized carbons (Fsp3) is 0.500. The van der Waals surface area contributed by atoms with Gasteiger partial charge >= 0.3 is 5.97 Å². The molecule has 1 aromatic heterocycles. The van der Waals surface area contributed by atoms with Crippen LogP contribution in [0.2, 0.25) is 0 Å². The highest BCUT2D eigenvalue weighted by Gasteiger charge is 2.11. The molecule has 0 atom stereocenters. The lowest BCUT2D eigenvalue weighted by atomic mass is 10.3. The molecule has 20 heavy (non-hydrogen) atoms. The Morgan fingerprint density at radius 1 is 1.35 bits per heavy atom. The van der Waals surface area contributed by atoms with Crippen LogP contribution < -0.4 is 10.6 Å². The number of rotatable bonds is 8. The summed E-state index contributed by atoms with van der Waals surface area (Å²) in [5.74, 6) is -1.40. The van der Waals surface area contributed by atoms with Crippen LogP contribution in [0.3, 0.4) is 0 Å². The Labute approximate surface area is 120 Å². The van der Waals surface area contributed by atoms with Gasteiger partial charge in [0.15, 0.2) is 5.13 Å². The molecule has 0 spiro atoms. The maximum absolute atomic E-state index is 11.7. The molecule has 0 fully saturated rings. The van der Waals surface area contributed by atoms with E-state index in [1.165, 1.54) is 11.3 Å². The highest BCUT2D eigenvalue weighted by atomic mass is 32.1. The van der Waals surface area contributed by atoms with Gasteiger partial charge in [-0.05, 0) is 12.8 Å². The van der Waals surface area contributed by atoms with Crippen molar-refractivity contribution >= 4 is 34.3 Å². The Morgan fingerprint density at radius 2 is 2.10 bits per heavy atom. The van der Waals surface area contributed by atoms with Crippen LogP contribution in [0.15, 0.2) is 5.38 Å². The molecule has 0 aliphatic heterocycles. The van der Waals surface area contributed by atoms with Crippen molar-refractivity contribution in [3.63, 3.8) is 0 Å². The summed E-state index contributed by atoms with van der Waals surface area (Å²) in [5.41, 5.74) is 0.220. The van der Waals surface area contributed by atoms with Gasteiger partial charge in [-0.3, -0.25) is 14.4 Å². The lowest BCUT2D eigenvalue weighted by Crippen LogP contribution is -2.25. The summed E-state index contributed by atoms with van der Waals surface area (Å²) in [5, 5.41) is 15.6. The Hall–Kier alpha value is -1.96. The molecule has 8 heteroatoms. The average molecular weight is 299 g/mol. The lowest BCUT2D eigenvalue weighted by molar-refractivity contribution is -0.137. The zero-order valence-corrected chi connectivity index (χ0v) is 12.0. The molecule has 1 heterocycles. The van der Waals surface area contributed by atoms with Gasteiger partial charge in [0.25, 0.3) is 5.91 Å². The fourth-order valence-electron chi connectivity index (χ4n) is 1.38.